The molecule has 0 unspecified atom stereocenters. The van der Waals surface area contributed by atoms with E-state index in [1.54, 1.807) is 31.6 Å². The molecule has 2 N–H and O–H groups in total. The van der Waals surface area contributed by atoms with Crippen molar-refractivity contribution in [1.82, 2.24) is 29.6 Å². The molecular weight excluding hydrogens is 574 g/mol. The van der Waals surface area contributed by atoms with Crippen LogP contribution in [0.5, 0.6) is 11.5 Å². The third kappa shape index (κ3) is 7.08. The maximum atomic E-state index is 11.8. The number of H-pyrrole nitrogens is 1. The summed E-state index contributed by atoms with van der Waals surface area (Å²) in [5.41, 5.74) is 3.54. The maximum absolute atomic E-state index is 11.8. The Kier molecular flexibility index (Phi) is 9.23. The van der Waals surface area contributed by atoms with Crippen molar-refractivity contribution in [1.29, 1.82) is 5.26 Å². The fraction of sp³-hybridized carbons (Fsp3) is 0.406. The maximum Gasteiger partial charge on any atom is 0.343 e. The average Bonchev–Trinajstić information content (AvgIpc) is 3.49. The Hall–Kier alpha value is -4.93. The first-order valence-electron chi connectivity index (χ1n) is 15.2. The normalized spacial score (nSPS) is 16.6. The van der Waals surface area contributed by atoms with E-state index in [1.165, 1.54) is 10.9 Å². The Morgan fingerprint density at radius 1 is 1.07 bits per heavy atom. The number of rotatable bonds is 10. The van der Waals surface area contributed by atoms with E-state index in [4.69, 9.17) is 14.2 Å². The highest BCUT2D eigenvalue weighted by Gasteiger charge is 2.26. The molecule has 2 aromatic heterocycles. The van der Waals surface area contributed by atoms with Crippen LogP contribution in [0.1, 0.15) is 25.3 Å². The smallest absolute Gasteiger partial charge is 0.343 e. The molecule has 6 rings (SSSR count). The van der Waals surface area contributed by atoms with E-state index in [0.717, 1.165) is 80.5 Å². The van der Waals surface area contributed by atoms with Gasteiger partial charge in [-0.3, -0.25) is 9.47 Å². The van der Waals surface area contributed by atoms with Crippen LogP contribution in [-0.2, 0) is 11.3 Å². The number of methoxy groups -OCH3 is 1. The Labute approximate surface area is 261 Å². The molecule has 2 fully saturated rings. The molecule has 2 aliphatic heterocycles. The minimum Gasteiger partial charge on any atom is -0.494 e. The number of nitriles is 1. The predicted octanol–water partition coefficient (Wildman–Crippen LogP) is 3.42. The zero-order valence-corrected chi connectivity index (χ0v) is 25.5. The zero-order chi connectivity index (χ0) is 31.2. The third-order valence-electron chi connectivity index (χ3n) is 8.31. The van der Waals surface area contributed by atoms with Gasteiger partial charge in [0.15, 0.2) is 0 Å². The summed E-state index contributed by atoms with van der Waals surface area (Å²) in [6, 6.07) is 14.3. The summed E-state index contributed by atoms with van der Waals surface area (Å²) < 4.78 is 18.7. The second-order valence-corrected chi connectivity index (χ2v) is 11.2. The lowest BCUT2D eigenvalue weighted by Gasteiger charge is -2.40. The van der Waals surface area contributed by atoms with Crippen LogP contribution < -0.4 is 25.4 Å². The first kappa shape index (κ1) is 30.1. The minimum atomic E-state index is -0.381. The van der Waals surface area contributed by atoms with Gasteiger partial charge < -0.3 is 24.4 Å². The Bertz CT molecular complexity index is 1680. The van der Waals surface area contributed by atoms with Gasteiger partial charge in [0.1, 0.15) is 30.0 Å². The van der Waals surface area contributed by atoms with Crippen LogP contribution in [0.15, 0.2) is 59.9 Å². The number of ether oxygens (including phenoxy) is 3. The summed E-state index contributed by atoms with van der Waals surface area (Å²) in [4.78, 5) is 25.8. The number of hydrogen-bond acceptors (Lipinski definition) is 11. The molecule has 0 amide bonds. The molecule has 4 heterocycles. The topological polar surface area (TPSA) is 146 Å². The molecule has 0 spiro atoms. The molecule has 0 radical (unpaired) electrons. The highest BCUT2D eigenvalue weighted by molar-refractivity contribution is 5.70. The van der Waals surface area contributed by atoms with Gasteiger partial charge in [-0.05, 0) is 49.6 Å². The molecule has 234 valence electrons. The largest absolute Gasteiger partial charge is 0.494 e. The zero-order valence-electron chi connectivity index (χ0n) is 25.5. The summed E-state index contributed by atoms with van der Waals surface area (Å²) in [7, 11) is 1.66. The minimum absolute atomic E-state index is 0.284. The van der Waals surface area contributed by atoms with Crippen molar-refractivity contribution in [2.45, 2.75) is 38.5 Å². The number of hydrogen-bond donors (Lipinski definition) is 2. The molecule has 0 aliphatic carbocycles. The van der Waals surface area contributed by atoms with Crippen LogP contribution in [0.4, 0.5) is 17.3 Å². The summed E-state index contributed by atoms with van der Waals surface area (Å²) in [5.74, 6) is 1.56. The van der Waals surface area contributed by atoms with E-state index in [2.05, 4.69) is 53.5 Å². The van der Waals surface area contributed by atoms with Crippen LogP contribution in [0.25, 0.3) is 11.1 Å². The Morgan fingerprint density at radius 3 is 2.53 bits per heavy atom. The summed E-state index contributed by atoms with van der Waals surface area (Å²) in [6.45, 7) is 7.85. The van der Waals surface area contributed by atoms with Crippen molar-refractivity contribution in [3.05, 3.63) is 71.2 Å². The number of benzene rings is 2. The number of nitrogens with zero attached hydrogens (tertiary/aromatic N) is 7. The van der Waals surface area contributed by atoms with Crippen molar-refractivity contribution < 1.29 is 14.2 Å². The van der Waals surface area contributed by atoms with Crippen LogP contribution in [0.2, 0.25) is 0 Å². The van der Waals surface area contributed by atoms with Gasteiger partial charge >= 0.3 is 5.69 Å². The molecule has 0 bridgehead atoms. The fourth-order valence-electron chi connectivity index (χ4n) is 5.90. The lowest BCUT2D eigenvalue weighted by atomic mass is 10.0. The summed E-state index contributed by atoms with van der Waals surface area (Å²) >= 11 is 0. The first-order valence-corrected chi connectivity index (χ1v) is 15.2. The monoisotopic (exact) mass is 611 g/mol. The van der Waals surface area contributed by atoms with Crippen molar-refractivity contribution in [3.63, 3.8) is 0 Å². The van der Waals surface area contributed by atoms with Gasteiger partial charge in [0, 0.05) is 61.9 Å². The van der Waals surface area contributed by atoms with Crippen LogP contribution in [0, 0.1) is 11.3 Å². The van der Waals surface area contributed by atoms with Crippen molar-refractivity contribution in [2.75, 3.05) is 56.7 Å². The summed E-state index contributed by atoms with van der Waals surface area (Å²) in [6.07, 6.45) is 6.75. The molecule has 2 aromatic carbocycles. The van der Waals surface area contributed by atoms with Crippen LogP contribution in [0.3, 0.4) is 0 Å². The highest BCUT2D eigenvalue weighted by atomic mass is 16.5. The summed E-state index contributed by atoms with van der Waals surface area (Å²) in [5, 5.41) is 19.0. The number of nitrogens with one attached hydrogen (secondary N) is 2. The quantitative estimate of drug-likeness (QED) is 0.272. The van der Waals surface area contributed by atoms with E-state index in [9.17, 15) is 10.1 Å². The van der Waals surface area contributed by atoms with E-state index in [1.807, 2.05) is 19.1 Å². The van der Waals surface area contributed by atoms with Crippen LogP contribution in [-0.4, -0.2) is 88.3 Å². The van der Waals surface area contributed by atoms with Gasteiger partial charge in [0.25, 0.3) is 0 Å². The number of piperidine rings is 1. The first-order chi connectivity index (χ1) is 22.0. The molecule has 45 heavy (non-hydrogen) atoms. The van der Waals surface area contributed by atoms with E-state index in [-0.39, 0.29) is 18.3 Å². The van der Waals surface area contributed by atoms with Gasteiger partial charge in [-0.2, -0.15) is 10.4 Å². The molecule has 4 aromatic rings. The van der Waals surface area contributed by atoms with Gasteiger partial charge in [0.2, 0.25) is 5.95 Å². The van der Waals surface area contributed by atoms with Crippen molar-refractivity contribution >= 4 is 17.3 Å². The Morgan fingerprint density at radius 2 is 1.84 bits per heavy atom. The molecule has 13 heteroatoms. The van der Waals surface area contributed by atoms with Crippen molar-refractivity contribution in [3.8, 4) is 28.7 Å². The third-order valence-corrected chi connectivity index (χ3v) is 8.31. The van der Waals surface area contributed by atoms with Crippen LogP contribution >= 0.6 is 0 Å². The lowest BCUT2D eigenvalue weighted by Crippen LogP contribution is -2.49. The number of anilines is 3. The SMILES string of the molecule is COc1cc(N2CCC(N3CCOCC3)CC2)ccc1Nc1ncc(-c2ccc(C#N)c(O[C@@H](C)Cn3cn[nH]c3=O)c2)cn1. The van der Waals surface area contributed by atoms with E-state index >= 15 is 0 Å². The molecule has 13 nitrogen and oxygen atoms in total. The second kappa shape index (κ2) is 13.8. The van der Waals surface area contributed by atoms with E-state index in [0.29, 0.717) is 23.3 Å². The molecular formula is C32H37N9O4. The molecule has 1 atom stereocenters. The average molecular weight is 612 g/mol. The van der Waals surface area contributed by atoms with Crippen molar-refractivity contribution in [2.24, 2.45) is 0 Å². The van der Waals surface area contributed by atoms with Gasteiger partial charge in [0.05, 0.1) is 38.1 Å². The Balaban J connectivity index is 1.10. The highest BCUT2D eigenvalue weighted by Crippen LogP contribution is 2.33. The van der Waals surface area contributed by atoms with Gasteiger partial charge in [-0.15, -0.1) is 0 Å². The second-order valence-electron chi connectivity index (χ2n) is 11.2. The number of morpholine rings is 1. The van der Waals surface area contributed by atoms with E-state index < -0.39 is 0 Å². The molecule has 2 saturated heterocycles. The number of aromatic amines is 1. The number of aromatic nitrogens is 5. The predicted molar refractivity (Wildman–Crippen MR) is 169 cm³/mol. The lowest BCUT2D eigenvalue weighted by molar-refractivity contribution is 0.0115. The fourth-order valence-corrected chi connectivity index (χ4v) is 5.90. The standard InChI is InChI=1S/C32H37N9O4/c1-22(20-41-21-36-38-32(41)42)45-29-15-23(3-4-24(29)17-33)25-18-34-31(35-19-25)37-28-6-5-27(16-30(28)43-2)39-9-7-26(8-10-39)40-11-13-44-14-12-40/h3-6,15-16,18-19,21-22,26H,7-14,20H2,1-2H3,(H,38,42)(H,34,35,37)/t22-/m0/s1. The van der Waals surface area contributed by atoms with Gasteiger partial charge in [-0.1, -0.05) is 6.07 Å². The molecule has 0 saturated carbocycles. The van der Waals surface area contributed by atoms with Gasteiger partial charge in [-0.25, -0.2) is 19.9 Å². The molecule has 2 aliphatic rings.